The molecule has 1 aromatic rings. The first kappa shape index (κ1) is 28.2. The number of nitrogens with one attached hydrogen (secondary N) is 1. The number of benzene rings is 1. The van der Waals surface area contributed by atoms with Gasteiger partial charge in [-0.15, -0.1) is 0 Å². The molecule has 172 valence electrons. The lowest BCUT2D eigenvalue weighted by atomic mass is 10.00. The van der Waals surface area contributed by atoms with Crippen molar-refractivity contribution in [1.82, 2.24) is 5.32 Å². The van der Waals surface area contributed by atoms with Gasteiger partial charge < -0.3 is 30.7 Å². The van der Waals surface area contributed by atoms with E-state index in [1.807, 2.05) is 67.8 Å². The highest BCUT2D eigenvalue weighted by molar-refractivity contribution is 14.1. The minimum absolute atomic E-state index is 0.0459. The van der Waals surface area contributed by atoms with Gasteiger partial charge in [-0.25, -0.2) is 0 Å². The maximum absolute atomic E-state index is 12.9. The molecule has 13 heteroatoms. The average molecular weight is 774 g/mol. The van der Waals surface area contributed by atoms with Crippen LogP contribution in [0.15, 0.2) is 0 Å². The Morgan fingerprint density at radius 2 is 1.52 bits per heavy atom. The van der Waals surface area contributed by atoms with Crippen molar-refractivity contribution in [2.45, 2.75) is 32.4 Å². The molecule has 31 heavy (non-hydrogen) atoms. The molecule has 0 saturated carbocycles. The summed E-state index contributed by atoms with van der Waals surface area (Å²) in [7, 11) is 0. The first-order valence-corrected chi connectivity index (χ1v) is 12.0. The molecular weight excluding hydrogens is 753 g/mol. The van der Waals surface area contributed by atoms with E-state index in [2.05, 4.69) is 5.32 Å². The number of ether oxygens (including phenoxy) is 2. The van der Waals surface area contributed by atoms with Crippen molar-refractivity contribution in [1.29, 1.82) is 0 Å². The third-order valence-electron chi connectivity index (χ3n) is 3.89. The Kier molecular flexibility index (Phi) is 11.9. The zero-order chi connectivity index (χ0) is 23.9. The molecule has 0 spiro atoms. The molecular formula is C18H21I3N2O8. The van der Waals surface area contributed by atoms with Crippen LogP contribution < -0.4 is 11.1 Å². The third-order valence-corrected chi connectivity index (χ3v) is 7.35. The second-order valence-electron chi connectivity index (χ2n) is 6.31. The number of hydrogen-bond acceptors (Lipinski definition) is 8. The highest BCUT2D eigenvalue weighted by Gasteiger charge is 2.29. The number of aliphatic hydroxyl groups is 2. The van der Waals surface area contributed by atoms with E-state index in [1.165, 1.54) is 13.8 Å². The standard InChI is InChI=1S/C18H21I3N2O8/c1-7(26)30-6-10(31-8(2)27)3-11-14(19)12(17(22)28)16(21)13(15(11)20)18(29)23-9(4-24)5-25/h9-10,24-25H,3-6H2,1-2H3,(H2,22,28)(H,23,29). The first-order chi connectivity index (χ1) is 14.4. The van der Waals surface area contributed by atoms with Gasteiger partial charge in [0.15, 0.2) is 0 Å². The Bertz CT molecular complexity index is 874. The molecule has 0 radical (unpaired) electrons. The summed E-state index contributed by atoms with van der Waals surface area (Å²) in [4.78, 5) is 47.7. The van der Waals surface area contributed by atoms with Crippen molar-refractivity contribution >= 4 is 91.5 Å². The smallest absolute Gasteiger partial charge is 0.303 e. The van der Waals surface area contributed by atoms with Crippen LogP contribution in [0.3, 0.4) is 0 Å². The largest absolute Gasteiger partial charge is 0.462 e. The summed E-state index contributed by atoms with van der Waals surface area (Å²) >= 11 is 5.70. The van der Waals surface area contributed by atoms with Crippen molar-refractivity contribution < 1.29 is 38.9 Å². The molecule has 0 aliphatic rings. The molecule has 0 bridgehead atoms. The van der Waals surface area contributed by atoms with Gasteiger partial charge in [-0.1, -0.05) is 0 Å². The van der Waals surface area contributed by atoms with Crippen LogP contribution in [-0.4, -0.2) is 65.9 Å². The fraction of sp³-hybridized carbons (Fsp3) is 0.444. The molecule has 0 aliphatic carbocycles. The zero-order valence-electron chi connectivity index (χ0n) is 16.5. The number of amides is 2. The Labute approximate surface area is 219 Å². The van der Waals surface area contributed by atoms with Crippen LogP contribution in [0.5, 0.6) is 0 Å². The second kappa shape index (κ2) is 13.0. The fourth-order valence-electron chi connectivity index (χ4n) is 2.52. The number of halogens is 3. The SMILES string of the molecule is CC(=O)OCC(Cc1c(I)c(C(N)=O)c(I)c(C(=O)NC(CO)CO)c1I)OC(C)=O. The van der Waals surface area contributed by atoms with Crippen molar-refractivity contribution in [2.24, 2.45) is 5.73 Å². The van der Waals surface area contributed by atoms with Gasteiger partial charge in [-0.2, -0.15) is 0 Å². The molecule has 2 amide bonds. The number of aliphatic hydroxyl groups excluding tert-OH is 2. The lowest BCUT2D eigenvalue weighted by molar-refractivity contribution is -0.156. The molecule has 1 rings (SSSR count). The summed E-state index contributed by atoms with van der Waals surface area (Å²) in [6, 6.07) is -0.892. The van der Waals surface area contributed by atoms with Crippen molar-refractivity contribution in [3.63, 3.8) is 0 Å². The highest BCUT2D eigenvalue weighted by Crippen LogP contribution is 2.33. The first-order valence-electron chi connectivity index (χ1n) is 8.76. The van der Waals surface area contributed by atoms with Gasteiger partial charge in [-0.05, 0) is 73.3 Å². The van der Waals surface area contributed by atoms with E-state index in [1.54, 1.807) is 0 Å². The predicted molar refractivity (Wildman–Crippen MR) is 134 cm³/mol. The molecule has 1 aromatic carbocycles. The quantitative estimate of drug-likeness (QED) is 0.200. The second-order valence-corrected chi connectivity index (χ2v) is 9.54. The van der Waals surface area contributed by atoms with Gasteiger partial charge in [0.1, 0.15) is 12.7 Å². The molecule has 1 unspecified atom stereocenters. The molecule has 5 N–H and O–H groups in total. The Balaban J connectivity index is 3.55. The number of esters is 2. The molecule has 0 aromatic heterocycles. The Morgan fingerprint density at radius 1 is 0.968 bits per heavy atom. The Morgan fingerprint density at radius 3 is 1.97 bits per heavy atom. The van der Waals surface area contributed by atoms with Crippen LogP contribution in [0.25, 0.3) is 0 Å². The van der Waals surface area contributed by atoms with Crippen LogP contribution in [0.2, 0.25) is 0 Å². The topological polar surface area (TPSA) is 165 Å². The zero-order valence-corrected chi connectivity index (χ0v) is 23.0. The van der Waals surface area contributed by atoms with Crippen LogP contribution in [-0.2, 0) is 25.5 Å². The molecule has 0 aliphatic heterocycles. The van der Waals surface area contributed by atoms with E-state index in [4.69, 9.17) is 15.2 Å². The van der Waals surface area contributed by atoms with Crippen LogP contribution >= 0.6 is 67.8 Å². The maximum Gasteiger partial charge on any atom is 0.303 e. The average Bonchev–Trinajstić information content (AvgIpc) is 2.66. The molecule has 0 heterocycles. The molecule has 1 atom stereocenters. The molecule has 10 nitrogen and oxygen atoms in total. The number of primary amides is 1. The lowest BCUT2D eigenvalue weighted by Gasteiger charge is -2.22. The summed E-state index contributed by atoms with van der Waals surface area (Å²) < 4.78 is 11.4. The normalized spacial score (nSPS) is 11.7. The highest BCUT2D eigenvalue weighted by atomic mass is 127. The van der Waals surface area contributed by atoms with Crippen LogP contribution in [0, 0.1) is 10.7 Å². The lowest BCUT2D eigenvalue weighted by Crippen LogP contribution is -2.41. The summed E-state index contributed by atoms with van der Waals surface area (Å²) in [5.41, 5.74) is 6.30. The van der Waals surface area contributed by atoms with E-state index in [0.717, 1.165) is 0 Å². The van der Waals surface area contributed by atoms with Gasteiger partial charge >= 0.3 is 11.9 Å². The summed E-state index contributed by atoms with van der Waals surface area (Å²) in [6.45, 7) is 1.26. The van der Waals surface area contributed by atoms with Crippen molar-refractivity contribution in [2.75, 3.05) is 19.8 Å². The predicted octanol–water partition coefficient (Wildman–Crippen LogP) is 0.720. The van der Waals surface area contributed by atoms with E-state index >= 15 is 0 Å². The van der Waals surface area contributed by atoms with E-state index in [9.17, 15) is 29.4 Å². The maximum atomic E-state index is 12.9. The van der Waals surface area contributed by atoms with Gasteiger partial charge in [-0.3, -0.25) is 19.2 Å². The summed E-state index contributed by atoms with van der Waals surface area (Å²) in [5.74, 6) is -2.52. The minimum Gasteiger partial charge on any atom is -0.462 e. The number of hydrogen-bond donors (Lipinski definition) is 4. The van der Waals surface area contributed by atoms with E-state index < -0.39 is 49.1 Å². The number of carbonyl (C=O) groups excluding carboxylic acids is 4. The fourth-order valence-corrected chi connectivity index (χ4v) is 7.15. The van der Waals surface area contributed by atoms with Crippen LogP contribution in [0.1, 0.15) is 40.1 Å². The van der Waals surface area contributed by atoms with Crippen molar-refractivity contribution in [3.05, 3.63) is 27.4 Å². The summed E-state index contributed by atoms with van der Waals surface area (Å²) in [5, 5.41) is 21.0. The van der Waals surface area contributed by atoms with Gasteiger partial charge in [0.2, 0.25) is 0 Å². The van der Waals surface area contributed by atoms with Crippen molar-refractivity contribution in [3.8, 4) is 0 Å². The Hall–Kier alpha value is -0.790. The molecule has 0 fully saturated rings. The van der Waals surface area contributed by atoms with Gasteiger partial charge in [0, 0.05) is 31.0 Å². The minimum atomic E-state index is -0.892. The monoisotopic (exact) mass is 774 g/mol. The summed E-state index contributed by atoms with van der Waals surface area (Å²) in [6.07, 6.45) is -0.813. The third kappa shape index (κ3) is 7.93. The number of rotatable bonds is 10. The molecule has 0 saturated heterocycles. The number of nitrogens with two attached hydrogens (primary N) is 1. The van der Waals surface area contributed by atoms with Gasteiger partial charge in [0.05, 0.1) is 30.4 Å². The van der Waals surface area contributed by atoms with E-state index in [-0.39, 0.29) is 24.2 Å². The van der Waals surface area contributed by atoms with Crippen LogP contribution in [0.4, 0.5) is 0 Å². The van der Waals surface area contributed by atoms with E-state index in [0.29, 0.717) is 16.3 Å². The van der Waals surface area contributed by atoms with Gasteiger partial charge in [0.25, 0.3) is 11.8 Å². The number of carbonyl (C=O) groups is 4.